The van der Waals surface area contributed by atoms with Gasteiger partial charge >= 0.3 is 0 Å². The lowest BCUT2D eigenvalue weighted by molar-refractivity contribution is 0.0641. The molecule has 10 nitrogen and oxygen atoms in total. The Morgan fingerprint density at radius 2 is 1.92 bits per heavy atom. The van der Waals surface area contributed by atoms with Crippen molar-refractivity contribution in [3.8, 4) is 5.75 Å². The summed E-state index contributed by atoms with van der Waals surface area (Å²) in [5.74, 6) is -1.93. The lowest BCUT2D eigenvalue weighted by Crippen LogP contribution is -2.49. The SMILES string of the molecule is C=CCN1CCN(C(=O)c2nn(Cc3ccc(F)c(Cl)c3)c(=O)c3c(O)c4n(c23)CCN(C)C4=O)CC1. The zero-order chi connectivity index (χ0) is 26.4. The molecule has 194 valence electrons. The zero-order valence-electron chi connectivity index (χ0n) is 20.3. The summed E-state index contributed by atoms with van der Waals surface area (Å²) < 4.78 is 16.2. The Balaban J connectivity index is 1.66. The summed E-state index contributed by atoms with van der Waals surface area (Å²) in [5.41, 5.74) is -0.117. The average molecular weight is 529 g/mol. The lowest BCUT2D eigenvalue weighted by atomic mass is 10.2. The summed E-state index contributed by atoms with van der Waals surface area (Å²) >= 11 is 5.92. The smallest absolute Gasteiger partial charge is 0.280 e. The maximum absolute atomic E-state index is 13.8. The van der Waals surface area contributed by atoms with Crippen LogP contribution in [0, 0.1) is 5.82 Å². The van der Waals surface area contributed by atoms with E-state index < -0.39 is 28.9 Å². The van der Waals surface area contributed by atoms with Gasteiger partial charge in [0.05, 0.1) is 17.1 Å². The molecule has 2 aliphatic rings. The summed E-state index contributed by atoms with van der Waals surface area (Å²) in [7, 11) is 1.60. The molecule has 37 heavy (non-hydrogen) atoms. The minimum absolute atomic E-state index is 0.0288. The molecule has 1 fully saturated rings. The molecule has 0 aliphatic carbocycles. The van der Waals surface area contributed by atoms with Crippen molar-refractivity contribution in [1.82, 2.24) is 29.0 Å². The molecule has 2 amide bonds. The zero-order valence-corrected chi connectivity index (χ0v) is 21.0. The van der Waals surface area contributed by atoms with Crippen LogP contribution in [0.1, 0.15) is 26.5 Å². The second-order valence-corrected chi connectivity index (χ2v) is 9.65. The van der Waals surface area contributed by atoms with E-state index in [1.54, 1.807) is 11.9 Å². The summed E-state index contributed by atoms with van der Waals surface area (Å²) in [6, 6.07) is 4.01. The summed E-state index contributed by atoms with van der Waals surface area (Å²) in [4.78, 5) is 45.5. The fourth-order valence-electron chi connectivity index (χ4n) is 4.90. The molecular formula is C25H26ClFN6O4. The third-order valence-electron chi connectivity index (χ3n) is 6.91. The minimum atomic E-state index is -0.669. The Morgan fingerprint density at radius 1 is 1.19 bits per heavy atom. The molecule has 0 saturated carbocycles. The van der Waals surface area contributed by atoms with Gasteiger partial charge in [-0.15, -0.1) is 6.58 Å². The molecule has 2 aliphatic heterocycles. The number of benzene rings is 1. The predicted octanol–water partition coefficient (Wildman–Crippen LogP) is 1.77. The monoisotopic (exact) mass is 528 g/mol. The minimum Gasteiger partial charge on any atom is -0.505 e. The summed E-state index contributed by atoms with van der Waals surface area (Å²) in [6.07, 6.45) is 1.81. The molecule has 12 heteroatoms. The predicted molar refractivity (Wildman–Crippen MR) is 136 cm³/mol. The molecule has 0 bridgehead atoms. The van der Waals surface area contributed by atoms with Gasteiger partial charge in [-0.05, 0) is 17.7 Å². The van der Waals surface area contributed by atoms with E-state index in [2.05, 4.69) is 16.6 Å². The molecule has 1 N–H and O–H groups in total. The highest BCUT2D eigenvalue weighted by molar-refractivity contribution is 6.30. The average Bonchev–Trinajstić information content (AvgIpc) is 3.18. The first kappa shape index (κ1) is 25.0. The van der Waals surface area contributed by atoms with Crippen LogP contribution in [-0.4, -0.2) is 92.3 Å². The van der Waals surface area contributed by atoms with Crippen molar-refractivity contribution in [2.45, 2.75) is 13.1 Å². The van der Waals surface area contributed by atoms with Crippen LogP contribution in [0.15, 0.2) is 35.6 Å². The van der Waals surface area contributed by atoms with Crippen molar-refractivity contribution in [1.29, 1.82) is 0 Å². The number of fused-ring (bicyclic) bond motifs is 3. The number of aromatic nitrogens is 3. The highest BCUT2D eigenvalue weighted by atomic mass is 35.5. The Hall–Kier alpha value is -3.70. The third kappa shape index (κ3) is 4.27. The number of amides is 2. The Morgan fingerprint density at radius 3 is 2.59 bits per heavy atom. The number of hydrogen-bond donors (Lipinski definition) is 1. The standard InChI is InChI=1S/C25H26ClFN6O4/c1-3-6-30-8-10-31(11-9-30)24(36)19-20-18(22(34)21-25(37)29(2)7-12-32(20)21)23(35)33(28-19)14-15-4-5-17(27)16(26)13-15/h3-5,13,34H,1,6-12,14H2,2H3. The molecule has 1 aromatic carbocycles. The number of piperazine rings is 1. The van der Waals surface area contributed by atoms with Crippen LogP contribution in [0.25, 0.3) is 10.9 Å². The molecule has 3 aromatic rings. The van der Waals surface area contributed by atoms with Crippen LogP contribution in [0.4, 0.5) is 4.39 Å². The number of rotatable bonds is 5. The van der Waals surface area contributed by atoms with E-state index in [4.69, 9.17) is 11.6 Å². The van der Waals surface area contributed by atoms with Crippen LogP contribution in [-0.2, 0) is 13.1 Å². The van der Waals surface area contributed by atoms with Gasteiger partial charge in [-0.1, -0.05) is 23.7 Å². The highest BCUT2D eigenvalue weighted by Crippen LogP contribution is 2.34. The van der Waals surface area contributed by atoms with Crippen molar-refractivity contribution < 1.29 is 19.1 Å². The fraction of sp³-hybridized carbons (Fsp3) is 0.360. The number of nitrogens with zero attached hydrogens (tertiary/aromatic N) is 6. The van der Waals surface area contributed by atoms with Crippen molar-refractivity contribution in [3.63, 3.8) is 0 Å². The number of carbonyl (C=O) groups excluding carboxylic acids is 2. The Kier molecular flexibility index (Phi) is 6.50. The van der Waals surface area contributed by atoms with Crippen LogP contribution < -0.4 is 5.56 Å². The van der Waals surface area contributed by atoms with Gasteiger partial charge in [-0.2, -0.15) is 5.10 Å². The van der Waals surface area contributed by atoms with Gasteiger partial charge in [0.2, 0.25) is 0 Å². The van der Waals surface area contributed by atoms with E-state index in [1.807, 2.05) is 6.08 Å². The van der Waals surface area contributed by atoms with Crippen LogP contribution in [0.2, 0.25) is 5.02 Å². The normalized spacial score (nSPS) is 16.4. The van der Waals surface area contributed by atoms with Crippen molar-refractivity contribution in [2.75, 3.05) is 46.3 Å². The second kappa shape index (κ2) is 9.64. The van der Waals surface area contributed by atoms with E-state index in [-0.39, 0.29) is 33.9 Å². The number of likely N-dealkylation sites (N-methyl/N-ethyl adjacent to an activating group) is 1. The Bertz CT molecular complexity index is 1490. The molecule has 0 atom stereocenters. The van der Waals surface area contributed by atoms with Gasteiger partial charge in [0.1, 0.15) is 11.2 Å². The lowest BCUT2D eigenvalue weighted by Gasteiger charge is -2.34. The van der Waals surface area contributed by atoms with Crippen LogP contribution in [0.5, 0.6) is 5.75 Å². The van der Waals surface area contributed by atoms with E-state index in [1.165, 1.54) is 27.7 Å². The number of halogens is 2. The van der Waals surface area contributed by atoms with Crippen LogP contribution >= 0.6 is 11.6 Å². The van der Waals surface area contributed by atoms with Gasteiger partial charge in [0.25, 0.3) is 17.4 Å². The van der Waals surface area contributed by atoms with Crippen molar-refractivity contribution >= 4 is 34.3 Å². The van der Waals surface area contributed by atoms with E-state index in [0.717, 1.165) is 4.68 Å². The molecule has 4 heterocycles. The number of carbonyl (C=O) groups is 2. The highest BCUT2D eigenvalue weighted by Gasteiger charge is 2.35. The van der Waals surface area contributed by atoms with Gasteiger partial charge in [-0.25, -0.2) is 9.07 Å². The fourth-order valence-corrected chi connectivity index (χ4v) is 5.10. The van der Waals surface area contributed by atoms with Gasteiger partial charge in [0.15, 0.2) is 17.1 Å². The first-order valence-electron chi connectivity index (χ1n) is 11.9. The van der Waals surface area contributed by atoms with Crippen LogP contribution in [0.3, 0.4) is 0 Å². The molecule has 0 unspecified atom stereocenters. The van der Waals surface area contributed by atoms with E-state index in [0.29, 0.717) is 51.4 Å². The van der Waals surface area contributed by atoms with E-state index >= 15 is 0 Å². The first-order chi connectivity index (χ1) is 17.7. The summed E-state index contributed by atoms with van der Waals surface area (Å²) in [6.45, 7) is 7.19. The molecule has 5 rings (SSSR count). The number of aromatic hydroxyl groups is 1. The second-order valence-electron chi connectivity index (χ2n) is 9.24. The molecule has 0 radical (unpaired) electrons. The van der Waals surface area contributed by atoms with Gasteiger partial charge in [-0.3, -0.25) is 19.3 Å². The van der Waals surface area contributed by atoms with E-state index in [9.17, 15) is 23.9 Å². The number of hydrogen-bond acceptors (Lipinski definition) is 6. The Labute approximate surface area is 216 Å². The van der Waals surface area contributed by atoms with Crippen molar-refractivity contribution in [2.24, 2.45) is 0 Å². The maximum Gasteiger partial charge on any atom is 0.280 e. The van der Waals surface area contributed by atoms with Crippen molar-refractivity contribution in [3.05, 3.63) is 69.0 Å². The topological polar surface area (TPSA) is 104 Å². The molecular weight excluding hydrogens is 503 g/mol. The maximum atomic E-state index is 13.8. The van der Waals surface area contributed by atoms with Gasteiger partial charge in [0, 0.05) is 52.9 Å². The third-order valence-corrected chi connectivity index (χ3v) is 7.19. The molecule has 0 spiro atoms. The largest absolute Gasteiger partial charge is 0.505 e. The first-order valence-corrected chi connectivity index (χ1v) is 12.3. The molecule has 2 aromatic heterocycles. The summed E-state index contributed by atoms with van der Waals surface area (Å²) in [5, 5.41) is 15.2. The van der Waals surface area contributed by atoms with Gasteiger partial charge < -0.3 is 19.5 Å². The molecule has 1 saturated heterocycles. The quantitative estimate of drug-likeness (QED) is 0.506.